The molecule has 2 saturated carbocycles. The number of alkyl carbamates (subject to hydrolysis) is 1. The second-order valence-corrected chi connectivity index (χ2v) is 19.0. The molecule has 4 bridgehead atoms. The molecular weight excluding hydrogens is 705 g/mol. The molecule has 2 aliphatic carbocycles. The molecule has 4 heterocycles. The first-order chi connectivity index (χ1) is 24.8. The van der Waals surface area contributed by atoms with E-state index in [0.717, 1.165) is 31.2 Å². The van der Waals surface area contributed by atoms with Crippen LogP contribution in [0.25, 0.3) is 5.65 Å². The van der Waals surface area contributed by atoms with Crippen LogP contribution in [-0.4, -0.2) is 94.6 Å². The molecule has 53 heavy (non-hydrogen) atoms. The highest BCUT2D eigenvalue weighted by Gasteiger charge is 2.62. The first-order valence-electron chi connectivity index (χ1n) is 18.6. The Bertz CT molecular complexity index is 1900. The minimum Gasteiger partial charge on any atom is -0.456 e. The van der Waals surface area contributed by atoms with Crippen LogP contribution in [0.1, 0.15) is 109 Å². The molecule has 16 heteroatoms. The second kappa shape index (κ2) is 14.2. The van der Waals surface area contributed by atoms with E-state index in [2.05, 4.69) is 20.3 Å². The first-order valence-corrected chi connectivity index (χ1v) is 20.2. The van der Waals surface area contributed by atoms with Gasteiger partial charge in [-0.3, -0.25) is 19.1 Å². The number of nitrogens with zero attached hydrogens (tertiary/aromatic N) is 3. The first kappa shape index (κ1) is 38.5. The fourth-order valence-electron chi connectivity index (χ4n) is 7.47. The van der Waals surface area contributed by atoms with Gasteiger partial charge in [0.2, 0.25) is 21.8 Å². The van der Waals surface area contributed by atoms with Gasteiger partial charge in [-0.1, -0.05) is 60.5 Å². The lowest BCUT2D eigenvalue weighted by Gasteiger charge is -2.35. The number of carbonyl (C=O) groups excluding carboxylic acids is 5. The summed E-state index contributed by atoms with van der Waals surface area (Å²) >= 11 is 0. The molecule has 290 valence electrons. The molecule has 3 fully saturated rings. The van der Waals surface area contributed by atoms with Gasteiger partial charge in [0, 0.05) is 18.8 Å². The molecule has 0 aromatic carbocycles. The van der Waals surface area contributed by atoms with Crippen molar-refractivity contribution in [1.29, 1.82) is 0 Å². The number of aryl methyl sites for hydroxylation is 1. The van der Waals surface area contributed by atoms with Crippen molar-refractivity contribution in [2.75, 3.05) is 13.2 Å². The molecule has 1 saturated heterocycles. The van der Waals surface area contributed by atoms with E-state index < -0.39 is 74.2 Å². The summed E-state index contributed by atoms with van der Waals surface area (Å²) in [4.78, 5) is 74.9. The number of carbonyl (C=O) groups is 5. The van der Waals surface area contributed by atoms with Crippen LogP contribution >= 0.6 is 0 Å². The number of hydrogen-bond acceptors (Lipinski definition) is 10. The molecule has 5 atom stereocenters. The number of ether oxygens (including phenoxy) is 2. The van der Waals surface area contributed by atoms with E-state index in [1.54, 1.807) is 37.6 Å². The highest BCUT2D eigenvalue weighted by molar-refractivity contribution is 7.91. The summed E-state index contributed by atoms with van der Waals surface area (Å²) in [5, 5.41) is 4.90. The molecule has 2 aromatic rings. The van der Waals surface area contributed by atoms with Crippen molar-refractivity contribution in [2.45, 2.75) is 128 Å². The zero-order chi connectivity index (χ0) is 38.5. The monoisotopic (exact) mass is 756 g/mol. The second-order valence-electron chi connectivity index (χ2n) is 17.0. The Morgan fingerprint density at radius 1 is 1.13 bits per heavy atom. The summed E-state index contributed by atoms with van der Waals surface area (Å²) in [7, 11) is -3.89. The molecule has 2 aromatic heterocycles. The quantitative estimate of drug-likeness (QED) is 0.369. The van der Waals surface area contributed by atoms with Gasteiger partial charge in [0.15, 0.2) is 5.69 Å². The van der Waals surface area contributed by atoms with Crippen LogP contribution in [0.2, 0.25) is 0 Å². The van der Waals surface area contributed by atoms with Gasteiger partial charge in [0.1, 0.15) is 29.4 Å². The van der Waals surface area contributed by atoms with Crippen LogP contribution in [0.15, 0.2) is 24.5 Å². The van der Waals surface area contributed by atoms with Crippen molar-refractivity contribution in [3.8, 4) is 0 Å². The minimum absolute atomic E-state index is 0.0759. The van der Waals surface area contributed by atoms with E-state index >= 15 is 0 Å². The largest absolute Gasteiger partial charge is 0.456 e. The van der Waals surface area contributed by atoms with Gasteiger partial charge in [0.05, 0.1) is 18.4 Å². The average Bonchev–Trinajstić information content (AvgIpc) is 3.97. The summed E-state index contributed by atoms with van der Waals surface area (Å²) in [6, 6.07) is 1.49. The molecule has 0 spiro atoms. The van der Waals surface area contributed by atoms with E-state index in [0.29, 0.717) is 24.9 Å². The molecule has 4 amide bonds. The highest BCUT2D eigenvalue weighted by atomic mass is 32.2. The van der Waals surface area contributed by atoms with Gasteiger partial charge >= 0.3 is 12.1 Å². The number of nitrogens with one attached hydrogen (secondary N) is 3. The maximum atomic E-state index is 14.5. The van der Waals surface area contributed by atoms with Crippen LogP contribution in [0.3, 0.4) is 0 Å². The maximum Gasteiger partial charge on any atom is 0.407 e. The van der Waals surface area contributed by atoms with Gasteiger partial charge in [-0.25, -0.2) is 23.0 Å². The predicted octanol–water partition coefficient (Wildman–Crippen LogP) is 3.25. The van der Waals surface area contributed by atoms with Crippen LogP contribution in [0.5, 0.6) is 0 Å². The number of rotatable bonds is 6. The number of pyridine rings is 1. The van der Waals surface area contributed by atoms with Crippen molar-refractivity contribution >= 4 is 45.5 Å². The standard InChI is InChI=1S/C37H52N6O9S/c1-7-23-18-37(23,33(47)41-53(49,50)25-13-14-25)40-30(44)27-17-24-19-43(27)31(45)28(35(2,3)4)39-34(48)51-21-36(5,6)15-9-8-11-22-12-10-16-42-20-26(32(46)52-24)38-29(22)42/h10,12,16,20,23-25,27-28H,7-9,11,13-15,17-19,21H2,1-6H3,(H,39,48)(H,40,44)(H,41,47)/t23-,24+,27-,28+,37+/m0/s1. The fourth-order valence-corrected chi connectivity index (χ4v) is 8.84. The Morgan fingerprint density at radius 2 is 1.87 bits per heavy atom. The number of imidazole rings is 1. The number of fused-ring (bicyclic) bond motifs is 3. The summed E-state index contributed by atoms with van der Waals surface area (Å²) in [6.45, 7) is 11.1. The fraction of sp³-hybridized carbons (Fsp3) is 0.676. The van der Waals surface area contributed by atoms with Crippen LogP contribution in [0.4, 0.5) is 4.79 Å². The Hall–Kier alpha value is -4.21. The van der Waals surface area contributed by atoms with Gasteiger partial charge in [-0.05, 0) is 66.9 Å². The van der Waals surface area contributed by atoms with Crippen molar-refractivity contribution in [1.82, 2.24) is 29.6 Å². The molecule has 0 radical (unpaired) electrons. The summed E-state index contributed by atoms with van der Waals surface area (Å²) in [5.41, 5.74) is -0.996. The lowest BCUT2D eigenvalue weighted by molar-refractivity contribution is -0.143. The zero-order valence-corrected chi connectivity index (χ0v) is 32.2. The Labute approximate surface area is 310 Å². The van der Waals surface area contributed by atoms with E-state index in [4.69, 9.17) is 9.47 Å². The Morgan fingerprint density at radius 3 is 2.53 bits per heavy atom. The average molecular weight is 757 g/mol. The Balaban J connectivity index is 1.31. The third kappa shape index (κ3) is 8.31. The maximum absolute atomic E-state index is 14.5. The molecule has 4 aliphatic rings. The number of amides is 4. The highest BCUT2D eigenvalue weighted by Crippen LogP contribution is 2.47. The van der Waals surface area contributed by atoms with Gasteiger partial charge in [-0.2, -0.15) is 0 Å². The molecule has 15 nitrogen and oxygen atoms in total. The zero-order valence-electron chi connectivity index (χ0n) is 31.4. The minimum atomic E-state index is -3.89. The van der Waals surface area contributed by atoms with Gasteiger partial charge in [-0.15, -0.1) is 0 Å². The van der Waals surface area contributed by atoms with Crippen molar-refractivity contribution < 1.29 is 41.9 Å². The van der Waals surface area contributed by atoms with E-state index in [-0.39, 0.29) is 43.0 Å². The van der Waals surface area contributed by atoms with Crippen LogP contribution in [0, 0.1) is 16.7 Å². The summed E-state index contributed by atoms with van der Waals surface area (Å²) < 4.78 is 40.9. The third-order valence-corrected chi connectivity index (χ3v) is 12.8. The number of esters is 1. The molecule has 0 unspecified atom stereocenters. The Kier molecular flexibility index (Phi) is 10.3. The topological polar surface area (TPSA) is 195 Å². The normalized spacial score (nSPS) is 28.5. The molecule has 3 N–H and O–H groups in total. The number of sulfonamides is 1. The van der Waals surface area contributed by atoms with Crippen LogP contribution in [-0.2, 0) is 40.3 Å². The van der Waals surface area contributed by atoms with Gasteiger partial charge in [0.25, 0.3) is 5.91 Å². The predicted molar refractivity (Wildman–Crippen MR) is 193 cm³/mol. The number of aromatic nitrogens is 2. The van der Waals surface area contributed by atoms with Crippen LogP contribution < -0.4 is 15.4 Å². The van der Waals surface area contributed by atoms with E-state index in [1.165, 1.54) is 4.90 Å². The summed E-state index contributed by atoms with van der Waals surface area (Å²) in [5.74, 6) is -3.15. The third-order valence-electron chi connectivity index (χ3n) is 11.0. The number of cyclic esters (lactones) is 1. The molecule has 6 rings (SSSR count). The molecular formula is C37H52N6O9S. The van der Waals surface area contributed by atoms with E-state index in [9.17, 15) is 32.4 Å². The number of hydrogen-bond donors (Lipinski definition) is 3. The van der Waals surface area contributed by atoms with Crippen molar-refractivity contribution in [3.05, 3.63) is 35.8 Å². The van der Waals surface area contributed by atoms with Crippen molar-refractivity contribution in [3.63, 3.8) is 0 Å². The summed E-state index contributed by atoms with van der Waals surface area (Å²) in [6.07, 6.45) is 6.42. The SMILES string of the molecule is CC[C@H]1C[C@]1(NC(=O)[C@@H]1C[C@@H]2CN1C(=O)[C@H](C(C)(C)C)NC(=O)OCC(C)(C)CCCCc1cccn3cc(nc13)C(=O)O2)C(=O)NS(=O)(=O)C1CC1. The molecule has 2 aliphatic heterocycles. The smallest absolute Gasteiger partial charge is 0.407 e. The lowest BCUT2D eigenvalue weighted by Crippen LogP contribution is -2.60. The van der Waals surface area contributed by atoms with E-state index in [1.807, 2.05) is 32.9 Å². The van der Waals surface area contributed by atoms with Crippen molar-refractivity contribution in [2.24, 2.45) is 16.7 Å². The van der Waals surface area contributed by atoms with Gasteiger partial charge < -0.3 is 29.4 Å². The lowest BCUT2D eigenvalue weighted by atomic mass is 9.85.